The Kier molecular flexibility index (Phi) is 1.61. The van der Waals surface area contributed by atoms with Gasteiger partial charge >= 0.3 is 0 Å². The Balaban J connectivity index is 2.50. The van der Waals surface area contributed by atoms with Gasteiger partial charge in [0.15, 0.2) is 5.88 Å². The van der Waals surface area contributed by atoms with Crippen LogP contribution in [-0.4, -0.2) is 29.6 Å². The number of fused-ring (bicyclic) bond motifs is 1. The first-order chi connectivity index (χ1) is 5.99. The van der Waals surface area contributed by atoms with Crippen LogP contribution in [0.15, 0.2) is 6.07 Å². The predicted octanol–water partition coefficient (Wildman–Crippen LogP) is -0.802. The number of hydrogen-bond donors (Lipinski definition) is 1. The van der Waals surface area contributed by atoms with Crippen LogP contribution in [0, 0.1) is 0 Å². The van der Waals surface area contributed by atoms with E-state index in [0.717, 1.165) is 5.69 Å². The molecule has 72 valence electrons. The maximum Gasteiger partial charge on any atom is 0.234 e. The van der Waals surface area contributed by atoms with Crippen molar-refractivity contribution in [2.45, 2.75) is 12.4 Å². The zero-order valence-electron chi connectivity index (χ0n) is 7.14. The van der Waals surface area contributed by atoms with Gasteiger partial charge in [0.1, 0.15) is 5.82 Å². The van der Waals surface area contributed by atoms with Crippen molar-refractivity contribution in [2.75, 3.05) is 12.8 Å². The molecule has 6 nitrogen and oxygen atoms in total. The van der Waals surface area contributed by atoms with Crippen LogP contribution < -0.4 is 5.73 Å². The number of nitrogens with zero attached hydrogens (tertiary/aromatic N) is 3. The molecule has 13 heavy (non-hydrogen) atoms. The van der Waals surface area contributed by atoms with Crippen LogP contribution in [0.2, 0.25) is 0 Å². The molecule has 0 radical (unpaired) electrons. The molecule has 7 heteroatoms. The fraction of sp³-hybridized carbons (Fsp3) is 0.500. The van der Waals surface area contributed by atoms with E-state index in [1.165, 1.54) is 8.99 Å². The number of sulfonamides is 1. The highest BCUT2D eigenvalue weighted by atomic mass is 32.2. The second-order valence-corrected chi connectivity index (χ2v) is 5.10. The van der Waals surface area contributed by atoms with E-state index in [1.54, 1.807) is 13.1 Å². The molecule has 0 amide bonds. The van der Waals surface area contributed by atoms with Gasteiger partial charge in [-0.05, 0) is 0 Å². The quantitative estimate of drug-likeness (QED) is 0.597. The predicted molar refractivity (Wildman–Crippen MR) is 47.0 cm³/mol. The Labute approximate surface area is 76.0 Å². The highest BCUT2D eigenvalue weighted by Crippen LogP contribution is 2.18. The largest absolute Gasteiger partial charge is 0.382 e. The summed E-state index contributed by atoms with van der Waals surface area (Å²) in [6.45, 7) is 0.340. The Morgan fingerprint density at radius 2 is 2.31 bits per heavy atom. The molecule has 1 aliphatic heterocycles. The van der Waals surface area contributed by atoms with Gasteiger partial charge in [0.2, 0.25) is 10.0 Å². The molecule has 0 bridgehead atoms. The summed E-state index contributed by atoms with van der Waals surface area (Å²) < 4.78 is 25.5. The van der Waals surface area contributed by atoms with E-state index in [2.05, 4.69) is 5.10 Å². The lowest BCUT2D eigenvalue weighted by atomic mass is 10.4. The smallest absolute Gasteiger partial charge is 0.234 e. The molecular formula is C6H10N4O2S. The van der Waals surface area contributed by atoms with Crippen LogP contribution in [-0.2, 0) is 22.4 Å². The van der Waals surface area contributed by atoms with Crippen LogP contribution >= 0.6 is 0 Å². The van der Waals surface area contributed by atoms with E-state index in [4.69, 9.17) is 5.73 Å². The Bertz CT molecular complexity index is 435. The zero-order valence-corrected chi connectivity index (χ0v) is 7.95. The highest BCUT2D eigenvalue weighted by molar-refractivity contribution is 7.88. The molecule has 0 spiro atoms. The van der Waals surface area contributed by atoms with Crippen LogP contribution in [0.25, 0.3) is 0 Å². The van der Waals surface area contributed by atoms with Gasteiger partial charge in [0.05, 0.1) is 12.2 Å². The van der Waals surface area contributed by atoms with Crippen molar-refractivity contribution >= 4 is 15.8 Å². The van der Waals surface area contributed by atoms with Crippen molar-refractivity contribution in [2.24, 2.45) is 0 Å². The number of nitrogen functional groups attached to an aromatic ring is 1. The third kappa shape index (κ3) is 1.29. The summed E-state index contributed by atoms with van der Waals surface area (Å²) in [5.74, 6) is 0.247. The van der Waals surface area contributed by atoms with Crippen molar-refractivity contribution in [1.29, 1.82) is 0 Å². The van der Waals surface area contributed by atoms with Gasteiger partial charge in [-0.1, -0.05) is 0 Å². The van der Waals surface area contributed by atoms with Crippen LogP contribution in [0.4, 0.5) is 5.82 Å². The standard InChI is InChI=1S/C6H10N4O2S/c1-9-3-5-2-6(7)8-10(5)4-13(9,11)12/h2H,3-4H2,1H3,(H2,7,8). The number of rotatable bonds is 0. The second kappa shape index (κ2) is 2.46. The molecule has 1 aromatic rings. The molecule has 0 fully saturated rings. The molecule has 2 heterocycles. The molecule has 0 unspecified atom stereocenters. The molecule has 1 aromatic heterocycles. The first-order valence-corrected chi connectivity index (χ1v) is 5.36. The zero-order chi connectivity index (χ0) is 9.64. The van der Waals surface area contributed by atoms with Crippen molar-refractivity contribution in [3.8, 4) is 0 Å². The van der Waals surface area contributed by atoms with Gasteiger partial charge in [-0.15, -0.1) is 0 Å². The van der Waals surface area contributed by atoms with Crippen LogP contribution in [0.5, 0.6) is 0 Å². The fourth-order valence-corrected chi connectivity index (χ4v) is 2.36. The Morgan fingerprint density at radius 3 is 3.00 bits per heavy atom. The summed E-state index contributed by atoms with van der Waals surface area (Å²) in [6.07, 6.45) is 0. The highest BCUT2D eigenvalue weighted by Gasteiger charge is 2.27. The number of nitrogens with two attached hydrogens (primary N) is 1. The van der Waals surface area contributed by atoms with Gasteiger partial charge < -0.3 is 5.73 Å². The fourth-order valence-electron chi connectivity index (χ4n) is 1.30. The topological polar surface area (TPSA) is 81.2 Å². The summed E-state index contributed by atoms with van der Waals surface area (Å²) in [5, 5.41) is 3.87. The van der Waals surface area contributed by atoms with Crippen molar-refractivity contribution in [1.82, 2.24) is 14.1 Å². The maximum absolute atomic E-state index is 11.4. The molecule has 0 aromatic carbocycles. The van der Waals surface area contributed by atoms with E-state index < -0.39 is 10.0 Å². The van der Waals surface area contributed by atoms with Gasteiger partial charge in [0, 0.05) is 13.1 Å². The normalized spacial score (nSPS) is 21.3. The Hall–Kier alpha value is -1.08. The Morgan fingerprint density at radius 1 is 1.62 bits per heavy atom. The molecule has 0 saturated heterocycles. The van der Waals surface area contributed by atoms with E-state index in [0.29, 0.717) is 12.4 Å². The molecule has 0 atom stereocenters. The maximum atomic E-state index is 11.4. The monoisotopic (exact) mass is 202 g/mol. The lowest BCUT2D eigenvalue weighted by Crippen LogP contribution is -2.35. The van der Waals surface area contributed by atoms with Crippen LogP contribution in [0.1, 0.15) is 5.69 Å². The van der Waals surface area contributed by atoms with E-state index >= 15 is 0 Å². The second-order valence-electron chi connectivity index (χ2n) is 3.06. The summed E-state index contributed by atoms with van der Waals surface area (Å²) in [5.41, 5.74) is 6.28. The number of anilines is 1. The summed E-state index contributed by atoms with van der Waals surface area (Å²) in [4.78, 5) is 0. The number of aromatic nitrogens is 2. The van der Waals surface area contributed by atoms with Gasteiger partial charge in [0.25, 0.3) is 0 Å². The average Bonchev–Trinajstić information content (AvgIpc) is 2.29. The minimum atomic E-state index is -3.18. The SMILES string of the molecule is CN1Cc2cc(N)nn2CS1(=O)=O. The molecule has 1 aliphatic rings. The third-order valence-electron chi connectivity index (χ3n) is 2.03. The molecule has 2 N–H and O–H groups in total. The third-order valence-corrected chi connectivity index (χ3v) is 3.68. The minimum absolute atomic E-state index is 0.115. The summed E-state index contributed by atoms with van der Waals surface area (Å²) in [6, 6.07) is 1.69. The average molecular weight is 202 g/mol. The summed E-state index contributed by atoms with van der Waals surface area (Å²) >= 11 is 0. The van der Waals surface area contributed by atoms with Gasteiger partial charge in [-0.3, -0.25) is 0 Å². The molecule has 0 saturated carbocycles. The lowest BCUT2D eigenvalue weighted by molar-refractivity contribution is 0.415. The van der Waals surface area contributed by atoms with Crippen LogP contribution in [0.3, 0.4) is 0 Å². The van der Waals surface area contributed by atoms with Gasteiger partial charge in [-0.25, -0.2) is 13.1 Å². The minimum Gasteiger partial charge on any atom is -0.382 e. The van der Waals surface area contributed by atoms with E-state index in [1.807, 2.05) is 0 Å². The first-order valence-electron chi connectivity index (χ1n) is 3.75. The molecular weight excluding hydrogens is 192 g/mol. The molecule has 2 rings (SSSR count). The number of hydrogen-bond acceptors (Lipinski definition) is 4. The first kappa shape index (κ1) is 8.52. The summed E-state index contributed by atoms with van der Waals surface area (Å²) in [7, 11) is -1.64. The van der Waals surface area contributed by atoms with E-state index in [9.17, 15) is 8.42 Å². The lowest BCUT2D eigenvalue weighted by Gasteiger charge is -2.22. The molecule has 0 aliphatic carbocycles. The van der Waals surface area contributed by atoms with Crippen molar-refractivity contribution in [3.63, 3.8) is 0 Å². The van der Waals surface area contributed by atoms with E-state index in [-0.39, 0.29) is 5.88 Å². The van der Waals surface area contributed by atoms with Crippen molar-refractivity contribution < 1.29 is 8.42 Å². The van der Waals surface area contributed by atoms with Crippen molar-refractivity contribution in [3.05, 3.63) is 11.8 Å². The van der Waals surface area contributed by atoms with Gasteiger partial charge in [-0.2, -0.15) is 9.40 Å².